The maximum Gasteiger partial charge on any atom is 0.325 e. The Balaban J connectivity index is 1.54. The van der Waals surface area contributed by atoms with Crippen molar-refractivity contribution in [2.24, 2.45) is 5.92 Å². The third-order valence-corrected chi connectivity index (χ3v) is 5.08. The molecule has 2 N–H and O–H groups in total. The minimum absolute atomic E-state index is 0.0230. The molecule has 0 spiro atoms. The fraction of sp³-hybridized carbons (Fsp3) is 0.579. The van der Waals surface area contributed by atoms with Gasteiger partial charge in [0.25, 0.3) is 5.91 Å². The second-order valence-corrected chi connectivity index (χ2v) is 7.48. The number of hydrogen-bond acceptors (Lipinski definition) is 2. The average Bonchev–Trinajstić information content (AvgIpc) is 2.83. The third kappa shape index (κ3) is 3.78. The molecule has 3 rings (SSSR count). The predicted molar refractivity (Wildman–Crippen MR) is 92.5 cm³/mol. The van der Waals surface area contributed by atoms with Crippen molar-refractivity contribution in [1.29, 1.82) is 0 Å². The van der Waals surface area contributed by atoms with Gasteiger partial charge in [-0.2, -0.15) is 0 Å². The maximum atomic E-state index is 12.6. The zero-order valence-corrected chi connectivity index (χ0v) is 14.6. The molecule has 1 atom stereocenters. The van der Waals surface area contributed by atoms with Gasteiger partial charge in [0.05, 0.1) is 19.1 Å². The van der Waals surface area contributed by atoms with Crippen molar-refractivity contribution in [3.8, 4) is 0 Å². The zero-order chi connectivity index (χ0) is 17.1. The van der Waals surface area contributed by atoms with Crippen molar-refractivity contribution >= 4 is 11.9 Å². The highest BCUT2D eigenvalue weighted by Gasteiger charge is 2.43. The van der Waals surface area contributed by atoms with Crippen LogP contribution in [0.25, 0.3) is 0 Å². The number of piperidine rings is 1. The highest BCUT2D eigenvalue weighted by Crippen LogP contribution is 2.20. The fourth-order valence-electron chi connectivity index (χ4n) is 3.86. The summed E-state index contributed by atoms with van der Waals surface area (Å²) in [5, 5.41) is 2.86. The van der Waals surface area contributed by atoms with Crippen LogP contribution in [0.3, 0.4) is 0 Å². The van der Waals surface area contributed by atoms with Crippen LogP contribution in [-0.4, -0.2) is 42.0 Å². The molecular weight excluding hydrogens is 302 g/mol. The molecule has 0 saturated carbocycles. The highest BCUT2D eigenvalue weighted by atomic mass is 16.2. The summed E-state index contributed by atoms with van der Waals surface area (Å²) >= 11 is 0. The first-order chi connectivity index (χ1) is 11.5. The number of nitrogens with zero attached hydrogens (tertiary/aromatic N) is 1. The van der Waals surface area contributed by atoms with Crippen LogP contribution in [0.15, 0.2) is 30.3 Å². The van der Waals surface area contributed by atoms with E-state index < -0.39 is 0 Å². The molecule has 2 aliphatic rings. The first kappa shape index (κ1) is 17.0. The van der Waals surface area contributed by atoms with Gasteiger partial charge in [0.1, 0.15) is 12.6 Å². The summed E-state index contributed by atoms with van der Waals surface area (Å²) in [5.41, 5.74) is 1.35. The van der Waals surface area contributed by atoms with Crippen molar-refractivity contribution in [2.45, 2.75) is 51.7 Å². The van der Waals surface area contributed by atoms with E-state index in [9.17, 15) is 9.59 Å². The van der Waals surface area contributed by atoms with Gasteiger partial charge < -0.3 is 10.2 Å². The van der Waals surface area contributed by atoms with Crippen LogP contribution in [-0.2, 0) is 11.3 Å². The maximum absolute atomic E-state index is 12.6. The van der Waals surface area contributed by atoms with E-state index in [1.165, 1.54) is 15.4 Å². The van der Waals surface area contributed by atoms with E-state index >= 15 is 0 Å². The number of rotatable bonds is 5. The quantitative estimate of drug-likeness (QED) is 0.797. The van der Waals surface area contributed by atoms with Crippen LogP contribution in [0.1, 0.15) is 38.7 Å². The number of carbonyl (C=O) groups is 2. The molecule has 5 nitrogen and oxygen atoms in total. The number of nitrogens with one attached hydrogen (secondary N) is 2. The number of urea groups is 1. The smallest absolute Gasteiger partial charge is 0.325 e. The van der Waals surface area contributed by atoms with Crippen LogP contribution < -0.4 is 10.2 Å². The van der Waals surface area contributed by atoms with Gasteiger partial charge in [0.15, 0.2) is 0 Å². The summed E-state index contributed by atoms with van der Waals surface area (Å²) in [6, 6.07) is 10.0. The van der Waals surface area contributed by atoms with E-state index in [1.807, 2.05) is 6.07 Å². The van der Waals surface area contributed by atoms with Gasteiger partial charge in [-0.3, -0.25) is 9.69 Å². The molecule has 2 heterocycles. The van der Waals surface area contributed by atoms with E-state index in [2.05, 4.69) is 43.4 Å². The lowest BCUT2D eigenvalue weighted by atomic mass is 10.0. The number of benzene rings is 1. The minimum Gasteiger partial charge on any atom is -0.331 e. The molecule has 130 valence electrons. The first-order valence-electron chi connectivity index (χ1n) is 9.05. The highest BCUT2D eigenvalue weighted by molar-refractivity contribution is 6.04. The van der Waals surface area contributed by atoms with E-state index in [-0.39, 0.29) is 24.0 Å². The van der Waals surface area contributed by atoms with Crippen LogP contribution in [0.4, 0.5) is 4.79 Å². The molecule has 3 amide bonds. The summed E-state index contributed by atoms with van der Waals surface area (Å²) in [7, 11) is 0. The first-order valence-corrected chi connectivity index (χ1v) is 9.05. The Morgan fingerprint density at radius 2 is 1.83 bits per heavy atom. The largest absolute Gasteiger partial charge is 0.331 e. The van der Waals surface area contributed by atoms with Gasteiger partial charge >= 0.3 is 6.03 Å². The Labute approximate surface area is 144 Å². The summed E-state index contributed by atoms with van der Waals surface area (Å²) in [4.78, 5) is 27.8. The number of amides is 3. The van der Waals surface area contributed by atoms with Gasteiger partial charge in [0.2, 0.25) is 0 Å². The Morgan fingerprint density at radius 1 is 1.17 bits per heavy atom. The summed E-state index contributed by atoms with van der Waals surface area (Å²) in [6.45, 7) is 7.18. The second-order valence-electron chi connectivity index (χ2n) is 7.48. The van der Waals surface area contributed by atoms with Crippen LogP contribution in [0.5, 0.6) is 0 Å². The molecule has 2 fully saturated rings. The van der Waals surface area contributed by atoms with Crippen LogP contribution in [0, 0.1) is 5.92 Å². The average molecular weight is 330 g/mol. The van der Waals surface area contributed by atoms with Crippen molar-refractivity contribution in [2.75, 3.05) is 13.1 Å². The van der Waals surface area contributed by atoms with E-state index in [4.69, 9.17) is 0 Å². The Kier molecular flexibility index (Phi) is 5.19. The van der Waals surface area contributed by atoms with Gasteiger partial charge in [-0.05, 0) is 12.3 Å². The zero-order valence-electron chi connectivity index (χ0n) is 14.6. The molecule has 5 heteroatoms. The number of quaternary nitrogens is 1. The van der Waals surface area contributed by atoms with Gasteiger partial charge in [-0.1, -0.05) is 44.2 Å². The Hall–Kier alpha value is -1.88. The monoisotopic (exact) mass is 330 g/mol. The molecule has 0 unspecified atom stereocenters. The lowest BCUT2D eigenvalue weighted by Crippen LogP contribution is -3.12. The molecule has 0 bridgehead atoms. The normalized spacial score (nSPS) is 27.6. The number of imide groups is 1. The summed E-state index contributed by atoms with van der Waals surface area (Å²) in [5.74, 6) is 0.376. The minimum atomic E-state index is -0.327. The molecule has 0 aliphatic carbocycles. The molecule has 2 saturated heterocycles. The van der Waals surface area contributed by atoms with E-state index in [0.29, 0.717) is 5.92 Å². The molecule has 1 aromatic carbocycles. The van der Waals surface area contributed by atoms with Gasteiger partial charge in [-0.25, -0.2) is 4.79 Å². The van der Waals surface area contributed by atoms with Crippen LogP contribution in [0.2, 0.25) is 0 Å². The lowest BCUT2D eigenvalue weighted by molar-refractivity contribution is -0.919. The number of hydrogen-bond donors (Lipinski definition) is 2. The topological polar surface area (TPSA) is 53.9 Å². The molecule has 2 aliphatic heterocycles. The summed E-state index contributed by atoms with van der Waals surface area (Å²) < 4.78 is 0. The van der Waals surface area contributed by atoms with Gasteiger partial charge in [0, 0.05) is 18.4 Å². The van der Waals surface area contributed by atoms with Crippen molar-refractivity contribution in [1.82, 2.24) is 10.2 Å². The Bertz CT molecular complexity index is 580. The van der Waals surface area contributed by atoms with Crippen LogP contribution >= 0.6 is 0 Å². The molecule has 0 radical (unpaired) electrons. The number of likely N-dealkylation sites (tertiary alicyclic amines) is 1. The standard InChI is InChI=1S/C19H27N3O2/c1-14(2)12-17-18(23)22(19(24)20-17)16-8-10-21(11-9-16)13-15-6-4-3-5-7-15/h3-7,14,16-17H,8-13H2,1-2H3,(H,20,24)/p+1/t17-/m1/s1. The van der Waals surface area contributed by atoms with E-state index in [1.54, 1.807) is 0 Å². The Morgan fingerprint density at radius 3 is 2.46 bits per heavy atom. The van der Waals surface area contributed by atoms with Crippen molar-refractivity contribution in [3.05, 3.63) is 35.9 Å². The van der Waals surface area contributed by atoms with E-state index in [0.717, 1.165) is 38.9 Å². The number of carbonyl (C=O) groups excluding carboxylic acids is 2. The van der Waals surface area contributed by atoms with Crippen molar-refractivity contribution < 1.29 is 14.5 Å². The predicted octanol–water partition coefficient (Wildman–Crippen LogP) is 1.20. The second kappa shape index (κ2) is 7.34. The molecule has 0 aromatic heterocycles. The molecule has 1 aromatic rings. The van der Waals surface area contributed by atoms with Crippen molar-refractivity contribution in [3.63, 3.8) is 0 Å². The molecular formula is C19H28N3O2+. The fourth-order valence-corrected chi connectivity index (χ4v) is 3.86. The summed E-state index contributed by atoms with van der Waals surface area (Å²) in [6.07, 6.45) is 2.52. The van der Waals surface area contributed by atoms with Gasteiger partial charge in [-0.15, -0.1) is 0 Å². The molecule has 24 heavy (non-hydrogen) atoms. The lowest BCUT2D eigenvalue weighted by Gasteiger charge is -2.33. The SMILES string of the molecule is CC(C)C[C@H]1NC(=O)N(C2CC[NH+](Cc3ccccc3)CC2)C1=O. The third-order valence-electron chi connectivity index (χ3n) is 5.08.